The molecular weight excluding hydrogens is 370 g/mol. The second-order valence-electron chi connectivity index (χ2n) is 5.99. The van der Waals surface area contributed by atoms with E-state index in [1.165, 1.54) is 5.56 Å². The first kappa shape index (κ1) is 16.9. The summed E-state index contributed by atoms with van der Waals surface area (Å²) in [5.41, 5.74) is 6.68. The van der Waals surface area contributed by atoms with Gasteiger partial charge in [0.25, 0.3) is 5.91 Å². The van der Waals surface area contributed by atoms with Crippen LogP contribution < -0.4 is 11.1 Å². The van der Waals surface area contributed by atoms with Crippen LogP contribution in [-0.4, -0.2) is 40.1 Å². The van der Waals surface area contributed by atoms with Gasteiger partial charge in [-0.25, -0.2) is 0 Å². The van der Waals surface area contributed by atoms with Crippen LogP contribution >= 0.6 is 15.9 Å². The number of primary amides is 1. The van der Waals surface area contributed by atoms with Crippen LogP contribution in [0.2, 0.25) is 0 Å². The fourth-order valence-corrected chi connectivity index (χ4v) is 3.10. The molecule has 126 valence electrons. The number of hydrogen-bond donors (Lipinski definition) is 2. The van der Waals surface area contributed by atoms with E-state index in [9.17, 15) is 4.79 Å². The molecule has 1 aromatic carbocycles. The number of nitrogens with zero attached hydrogens (tertiary/aromatic N) is 3. The first-order chi connectivity index (χ1) is 11.6. The maximum absolute atomic E-state index is 11.0. The topological polar surface area (TPSA) is 84.1 Å². The number of benzene rings is 1. The van der Waals surface area contributed by atoms with Gasteiger partial charge in [-0.1, -0.05) is 28.1 Å². The SMILES string of the molecule is NC(=O)c1ccc(NC2CCN(Cc3ccc(Br)cc3)CC2)nn1. The fourth-order valence-electron chi connectivity index (χ4n) is 2.83. The highest BCUT2D eigenvalue weighted by atomic mass is 79.9. The maximum atomic E-state index is 11.0. The van der Waals surface area contributed by atoms with Crippen molar-refractivity contribution in [3.63, 3.8) is 0 Å². The molecular formula is C17H20BrN5O. The summed E-state index contributed by atoms with van der Waals surface area (Å²) < 4.78 is 1.11. The minimum atomic E-state index is -0.560. The van der Waals surface area contributed by atoms with E-state index in [4.69, 9.17) is 5.73 Å². The zero-order valence-electron chi connectivity index (χ0n) is 13.3. The predicted octanol–water partition coefficient (Wildman–Crippen LogP) is 2.41. The smallest absolute Gasteiger partial charge is 0.269 e. The lowest BCUT2D eigenvalue weighted by molar-refractivity contribution is 0.0994. The summed E-state index contributed by atoms with van der Waals surface area (Å²) in [6.07, 6.45) is 2.10. The molecule has 7 heteroatoms. The van der Waals surface area contributed by atoms with Crippen molar-refractivity contribution in [2.24, 2.45) is 5.73 Å². The van der Waals surface area contributed by atoms with Gasteiger partial charge in [-0.2, -0.15) is 0 Å². The second kappa shape index (κ2) is 7.72. The summed E-state index contributed by atoms with van der Waals surface area (Å²) >= 11 is 3.46. The Labute approximate surface area is 149 Å². The third-order valence-corrected chi connectivity index (χ3v) is 4.70. The molecule has 0 radical (unpaired) electrons. The van der Waals surface area contributed by atoms with Crippen molar-refractivity contribution in [1.29, 1.82) is 0 Å². The van der Waals surface area contributed by atoms with Crippen LogP contribution in [0.5, 0.6) is 0 Å². The Kier molecular flexibility index (Phi) is 5.42. The molecule has 0 aliphatic carbocycles. The number of amides is 1. The van der Waals surface area contributed by atoms with Crippen molar-refractivity contribution >= 4 is 27.7 Å². The molecule has 2 aromatic rings. The van der Waals surface area contributed by atoms with E-state index in [-0.39, 0.29) is 5.69 Å². The Morgan fingerprint density at radius 2 is 1.88 bits per heavy atom. The Morgan fingerprint density at radius 1 is 1.17 bits per heavy atom. The Morgan fingerprint density at radius 3 is 2.46 bits per heavy atom. The number of halogens is 1. The van der Waals surface area contributed by atoms with Crippen molar-refractivity contribution in [2.45, 2.75) is 25.4 Å². The van der Waals surface area contributed by atoms with Gasteiger partial charge in [0.15, 0.2) is 5.69 Å². The summed E-state index contributed by atoms with van der Waals surface area (Å²) in [5.74, 6) is 0.127. The average Bonchev–Trinajstić information content (AvgIpc) is 2.59. The van der Waals surface area contributed by atoms with Crippen molar-refractivity contribution in [3.05, 3.63) is 52.1 Å². The minimum absolute atomic E-state index is 0.185. The van der Waals surface area contributed by atoms with Gasteiger partial charge in [0.1, 0.15) is 5.82 Å². The number of nitrogens with one attached hydrogen (secondary N) is 1. The largest absolute Gasteiger partial charge is 0.366 e. The lowest BCUT2D eigenvalue weighted by atomic mass is 10.0. The van der Waals surface area contributed by atoms with Crippen LogP contribution in [0.25, 0.3) is 0 Å². The summed E-state index contributed by atoms with van der Waals surface area (Å²) in [7, 11) is 0. The molecule has 1 aromatic heterocycles. The summed E-state index contributed by atoms with van der Waals surface area (Å²) in [5, 5.41) is 11.2. The molecule has 24 heavy (non-hydrogen) atoms. The molecule has 0 spiro atoms. The number of carbonyl (C=O) groups is 1. The van der Waals surface area contributed by atoms with Crippen LogP contribution in [0.4, 0.5) is 5.82 Å². The van der Waals surface area contributed by atoms with E-state index >= 15 is 0 Å². The fraction of sp³-hybridized carbons (Fsp3) is 0.353. The molecule has 1 amide bonds. The number of rotatable bonds is 5. The average molecular weight is 390 g/mol. The number of piperidine rings is 1. The Balaban J connectivity index is 1.48. The minimum Gasteiger partial charge on any atom is -0.366 e. The Hall–Kier alpha value is -1.99. The van der Waals surface area contributed by atoms with E-state index in [2.05, 4.69) is 60.6 Å². The number of carbonyl (C=O) groups excluding carboxylic acids is 1. The van der Waals surface area contributed by atoms with E-state index < -0.39 is 5.91 Å². The first-order valence-corrected chi connectivity index (χ1v) is 8.76. The highest BCUT2D eigenvalue weighted by molar-refractivity contribution is 9.10. The molecule has 2 heterocycles. The number of aromatic nitrogens is 2. The van der Waals surface area contributed by atoms with Crippen LogP contribution in [0, 0.1) is 0 Å². The van der Waals surface area contributed by atoms with Crippen molar-refractivity contribution < 1.29 is 4.79 Å². The summed E-state index contributed by atoms with van der Waals surface area (Å²) in [4.78, 5) is 13.5. The molecule has 3 rings (SSSR count). The van der Waals surface area contributed by atoms with E-state index in [0.717, 1.165) is 36.9 Å². The molecule has 1 aliphatic rings. The van der Waals surface area contributed by atoms with Gasteiger partial charge >= 0.3 is 0 Å². The molecule has 6 nitrogen and oxygen atoms in total. The summed E-state index contributed by atoms with van der Waals surface area (Å²) in [6.45, 7) is 3.06. The highest BCUT2D eigenvalue weighted by Crippen LogP contribution is 2.18. The third-order valence-electron chi connectivity index (χ3n) is 4.18. The monoisotopic (exact) mass is 389 g/mol. The summed E-state index contributed by atoms with van der Waals surface area (Å²) in [6, 6.07) is 12.2. The van der Waals surface area contributed by atoms with Gasteiger partial charge in [0, 0.05) is 30.1 Å². The van der Waals surface area contributed by atoms with Crippen LogP contribution in [0.3, 0.4) is 0 Å². The molecule has 1 aliphatic heterocycles. The van der Waals surface area contributed by atoms with Crippen molar-refractivity contribution in [3.8, 4) is 0 Å². The first-order valence-electron chi connectivity index (χ1n) is 7.97. The lowest BCUT2D eigenvalue weighted by Gasteiger charge is -2.32. The predicted molar refractivity (Wildman–Crippen MR) is 96.6 cm³/mol. The molecule has 0 saturated carbocycles. The molecule has 1 saturated heterocycles. The quantitative estimate of drug-likeness (QED) is 0.819. The van der Waals surface area contributed by atoms with Crippen molar-refractivity contribution in [2.75, 3.05) is 18.4 Å². The van der Waals surface area contributed by atoms with Crippen LogP contribution in [0.15, 0.2) is 40.9 Å². The van der Waals surface area contributed by atoms with Gasteiger partial charge in [-0.3, -0.25) is 9.69 Å². The number of likely N-dealkylation sites (tertiary alicyclic amines) is 1. The molecule has 0 bridgehead atoms. The highest BCUT2D eigenvalue weighted by Gasteiger charge is 2.19. The van der Waals surface area contributed by atoms with Gasteiger partial charge in [0.2, 0.25) is 0 Å². The van der Waals surface area contributed by atoms with Gasteiger partial charge in [0.05, 0.1) is 0 Å². The van der Waals surface area contributed by atoms with Gasteiger partial charge in [-0.15, -0.1) is 10.2 Å². The van der Waals surface area contributed by atoms with E-state index in [1.807, 2.05) is 0 Å². The molecule has 1 fully saturated rings. The third kappa shape index (κ3) is 4.52. The van der Waals surface area contributed by atoms with Gasteiger partial charge in [-0.05, 0) is 42.7 Å². The van der Waals surface area contributed by atoms with Crippen LogP contribution in [-0.2, 0) is 6.54 Å². The zero-order valence-corrected chi connectivity index (χ0v) is 14.9. The molecule has 0 unspecified atom stereocenters. The standard InChI is InChI=1S/C17H20BrN5O/c18-13-3-1-12(2-4-13)11-23-9-7-14(8-10-23)20-16-6-5-15(17(19)24)21-22-16/h1-6,14H,7-11H2,(H2,19,24)(H,20,22). The van der Waals surface area contributed by atoms with Crippen LogP contribution in [0.1, 0.15) is 28.9 Å². The Bertz CT molecular complexity index is 681. The second-order valence-corrected chi connectivity index (χ2v) is 6.90. The van der Waals surface area contributed by atoms with Gasteiger partial charge < -0.3 is 11.1 Å². The lowest BCUT2D eigenvalue weighted by Crippen LogP contribution is -2.38. The number of nitrogens with two attached hydrogens (primary N) is 1. The number of anilines is 1. The van der Waals surface area contributed by atoms with E-state index in [1.54, 1.807) is 12.1 Å². The normalized spacial score (nSPS) is 16.0. The van der Waals surface area contributed by atoms with E-state index in [0.29, 0.717) is 11.9 Å². The zero-order chi connectivity index (χ0) is 16.9. The number of hydrogen-bond acceptors (Lipinski definition) is 5. The van der Waals surface area contributed by atoms with Crippen molar-refractivity contribution in [1.82, 2.24) is 15.1 Å². The maximum Gasteiger partial charge on any atom is 0.269 e. The molecule has 0 atom stereocenters. The molecule has 3 N–H and O–H groups in total.